The van der Waals surface area contributed by atoms with Crippen LogP contribution in [0.5, 0.6) is 11.5 Å². The number of methoxy groups -OCH3 is 1. The zero-order valence-electron chi connectivity index (χ0n) is 17.9. The first kappa shape index (κ1) is 21.5. The maximum absolute atomic E-state index is 12.9. The fourth-order valence-electron chi connectivity index (χ4n) is 3.99. The number of rotatable bonds is 7. The van der Waals surface area contributed by atoms with Crippen LogP contribution in [0.2, 0.25) is 5.02 Å². The third kappa shape index (κ3) is 5.14. The lowest BCUT2D eigenvalue weighted by atomic mass is 10.1. The van der Waals surface area contributed by atoms with Crippen LogP contribution >= 0.6 is 11.6 Å². The molecule has 3 aromatic rings. The lowest BCUT2D eigenvalue weighted by molar-refractivity contribution is 0.0687. The molecule has 0 spiro atoms. The first-order chi connectivity index (χ1) is 15.0. The van der Waals surface area contributed by atoms with Crippen LogP contribution in [-0.4, -0.2) is 67.1 Å². The van der Waals surface area contributed by atoms with Crippen molar-refractivity contribution in [1.82, 2.24) is 14.8 Å². The summed E-state index contributed by atoms with van der Waals surface area (Å²) in [6.07, 6.45) is 2.27. The Balaban J connectivity index is 1.30. The van der Waals surface area contributed by atoms with Crippen LogP contribution in [0.15, 0.2) is 48.5 Å². The largest absolute Gasteiger partial charge is 0.497 e. The van der Waals surface area contributed by atoms with Gasteiger partial charge in [-0.15, -0.1) is 0 Å². The van der Waals surface area contributed by atoms with Crippen molar-refractivity contribution < 1.29 is 14.3 Å². The molecule has 0 radical (unpaired) electrons. The lowest BCUT2D eigenvalue weighted by Crippen LogP contribution is -2.44. The van der Waals surface area contributed by atoms with Gasteiger partial charge in [-0.25, -0.2) is 0 Å². The van der Waals surface area contributed by atoms with Crippen LogP contribution in [0, 0.1) is 0 Å². The van der Waals surface area contributed by atoms with Gasteiger partial charge in [0.05, 0.1) is 7.11 Å². The third-order valence-corrected chi connectivity index (χ3v) is 6.09. The molecule has 0 bridgehead atoms. The van der Waals surface area contributed by atoms with Crippen molar-refractivity contribution in [1.29, 1.82) is 0 Å². The van der Waals surface area contributed by atoms with Gasteiger partial charge in [-0.1, -0.05) is 17.7 Å². The zero-order valence-corrected chi connectivity index (χ0v) is 18.7. The number of benzene rings is 2. The molecule has 1 aliphatic heterocycles. The molecule has 6 nitrogen and oxygen atoms in total. The summed E-state index contributed by atoms with van der Waals surface area (Å²) < 4.78 is 11.4. The topological polar surface area (TPSA) is 57.8 Å². The van der Waals surface area contributed by atoms with Crippen molar-refractivity contribution in [3.05, 3.63) is 59.2 Å². The SMILES string of the molecule is COc1ccc(OC2CCCN(CCN(C)C(=O)c3cc4c(Cl)cccc4[nH]3)C2)cc1. The summed E-state index contributed by atoms with van der Waals surface area (Å²) in [6.45, 7) is 3.34. The van der Waals surface area contributed by atoms with Crippen LogP contribution in [0.4, 0.5) is 0 Å². The summed E-state index contributed by atoms with van der Waals surface area (Å²) in [5, 5.41) is 1.52. The number of piperidine rings is 1. The monoisotopic (exact) mass is 441 g/mol. The minimum absolute atomic E-state index is 0.0321. The second-order valence-electron chi connectivity index (χ2n) is 7.97. The van der Waals surface area contributed by atoms with E-state index >= 15 is 0 Å². The first-order valence-corrected chi connectivity index (χ1v) is 11.0. The minimum Gasteiger partial charge on any atom is -0.497 e. The molecule has 7 heteroatoms. The Kier molecular flexibility index (Phi) is 6.68. The Morgan fingerprint density at radius 2 is 2.00 bits per heavy atom. The number of carbonyl (C=O) groups excluding carboxylic acids is 1. The molecule has 2 aromatic carbocycles. The quantitative estimate of drug-likeness (QED) is 0.588. The number of fused-ring (bicyclic) bond motifs is 1. The molecule has 1 N–H and O–H groups in total. The fourth-order valence-corrected chi connectivity index (χ4v) is 4.22. The highest BCUT2D eigenvalue weighted by atomic mass is 35.5. The van der Waals surface area contributed by atoms with Crippen molar-refractivity contribution in [2.75, 3.05) is 40.3 Å². The minimum atomic E-state index is -0.0321. The number of likely N-dealkylation sites (tertiary alicyclic amines) is 1. The van der Waals surface area contributed by atoms with Gasteiger partial charge in [0.25, 0.3) is 5.91 Å². The highest BCUT2D eigenvalue weighted by Gasteiger charge is 2.22. The van der Waals surface area contributed by atoms with Crippen LogP contribution in [-0.2, 0) is 0 Å². The van der Waals surface area contributed by atoms with Gasteiger partial charge >= 0.3 is 0 Å². The van der Waals surface area contributed by atoms with E-state index in [4.69, 9.17) is 21.1 Å². The van der Waals surface area contributed by atoms with Crippen LogP contribution in [0.3, 0.4) is 0 Å². The molecule has 0 saturated carbocycles. The molecule has 164 valence electrons. The van der Waals surface area contributed by atoms with E-state index in [1.807, 2.05) is 55.6 Å². The number of aromatic nitrogens is 1. The highest BCUT2D eigenvalue weighted by molar-refractivity contribution is 6.35. The van der Waals surface area contributed by atoms with E-state index in [2.05, 4.69) is 9.88 Å². The molecule has 1 unspecified atom stereocenters. The Bertz CT molecular complexity index is 1030. The fraction of sp³-hybridized carbons (Fsp3) is 0.375. The van der Waals surface area contributed by atoms with E-state index in [0.717, 1.165) is 54.9 Å². The molecular formula is C24H28ClN3O3. The molecule has 2 heterocycles. The molecule has 4 rings (SSSR count). The normalized spacial score (nSPS) is 16.9. The lowest BCUT2D eigenvalue weighted by Gasteiger charge is -2.33. The maximum atomic E-state index is 12.9. The van der Waals surface area contributed by atoms with Gasteiger partial charge in [0, 0.05) is 42.6 Å². The molecule has 0 aliphatic carbocycles. The van der Waals surface area contributed by atoms with Gasteiger partial charge in [-0.2, -0.15) is 0 Å². The zero-order chi connectivity index (χ0) is 21.8. The Morgan fingerprint density at radius 3 is 2.74 bits per heavy atom. The number of aromatic amines is 1. The van der Waals surface area contributed by atoms with Gasteiger partial charge in [0.15, 0.2) is 0 Å². The van der Waals surface area contributed by atoms with Crippen LogP contribution in [0.25, 0.3) is 10.9 Å². The molecular weight excluding hydrogens is 414 g/mol. The van der Waals surface area contributed by atoms with Crippen molar-refractivity contribution >= 4 is 28.4 Å². The number of hydrogen-bond acceptors (Lipinski definition) is 4. The van der Waals surface area contributed by atoms with Gasteiger partial charge < -0.3 is 19.4 Å². The average Bonchev–Trinajstić information content (AvgIpc) is 3.23. The first-order valence-electron chi connectivity index (χ1n) is 10.6. The van der Waals surface area contributed by atoms with Gasteiger partial charge in [0.1, 0.15) is 23.3 Å². The molecule has 1 atom stereocenters. The Morgan fingerprint density at radius 1 is 1.23 bits per heavy atom. The standard InChI is InChI=1S/C24H28ClN3O3/c1-27(24(29)23-15-20-21(25)6-3-7-22(20)26-23)13-14-28-12-4-5-19(16-28)31-18-10-8-17(30-2)9-11-18/h3,6-11,15,19,26H,4-5,12-14,16H2,1-2H3. The summed E-state index contributed by atoms with van der Waals surface area (Å²) in [5.74, 6) is 1.65. The molecule has 31 heavy (non-hydrogen) atoms. The summed E-state index contributed by atoms with van der Waals surface area (Å²) in [6, 6.07) is 15.2. The number of ether oxygens (including phenoxy) is 2. The van der Waals surface area contributed by atoms with E-state index < -0.39 is 0 Å². The average molecular weight is 442 g/mol. The van der Waals surface area contributed by atoms with Crippen molar-refractivity contribution in [2.24, 2.45) is 0 Å². The van der Waals surface area contributed by atoms with E-state index in [0.29, 0.717) is 17.3 Å². The summed E-state index contributed by atoms with van der Waals surface area (Å²) in [4.78, 5) is 20.2. The number of halogens is 1. The van der Waals surface area contributed by atoms with Crippen molar-refractivity contribution in [2.45, 2.75) is 18.9 Å². The number of hydrogen-bond donors (Lipinski definition) is 1. The Hall–Kier alpha value is -2.70. The molecule has 1 saturated heterocycles. The maximum Gasteiger partial charge on any atom is 0.270 e. The Labute approximate surface area is 187 Å². The van der Waals surface area contributed by atoms with Gasteiger partial charge in [-0.05, 0) is 61.9 Å². The van der Waals surface area contributed by atoms with Crippen LogP contribution in [0.1, 0.15) is 23.3 Å². The molecule has 1 aromatic heterocycles. The predicted octanol–water partition coefficient (Wildman–Crippen LogP) is 4.45. The number of likely N-dealkylation sites (N-methyl/N-ethyl adjacent to an activating group) is 1. The van der Waals surface area contributed by atoms with E-state index in [9.17, 15) is 4.79 Å². The number of H-pyrrole nitrogens is 1. The van der Waals surface area contributed by atoms with Crippen molar-refractivity contribution in [3.63, 3.8) is 0 Å². The second kappa shape index (κ2) is 9.62. The number of nitrogens with zero attached hydrogens (tertiary/aromatic N) is 2. The summed E-state index contributed by atoms with van der Waals surface area (Å²) >= 11 is 6.23. The van der Waals surface area contributed by atoms with Crippen molar-refractivity contribution in [3.8, 4) is 11.5 Å². The smallest absolute Gasteiger partial charge is 0.270 e. The van der Waals surface area contributed by atoms with E-state index in [1.54, 1.807) is 12.0 Å². The third-order valence-electron chi connectivity index (χ3n) is 5.76. The summed E-state index contributed by atoms with van der Waals surface area (Å²) in [7, 11) is 3.49. The van der Waals surface area contributed by atoms with Gasteiger partial charge in [-0.3, -0.25) is 9.69 Å². The number of nitrogens with one attached hydrogen (secondary N) is 1. The number of amides is 1. The predicted molar refractivity (Wildman–Crippen MR) is 123 cm³/mol. The second-order valence-corrected chi connectivity index (χ2v) is 8.38. The van der Waals surface area contributed by atoms with Gasteiger partial charge in [0.2, 0.25) is 0 Å². The molecule has 1 fully saturated rings. The highest BCUT2D eigenvalue weighted by Crippen LogP contribution is 2.25. The van der Waals surface area contributed by atoms with E-state index in [1.165, 1.54) is 0 Å². The van der Waals surface area contributed by atoms with E-state index in [-0.39, 0.29) is 12.0 Å². The summed E-state index contributed by atoms with van der Waals surface area (Å²) in [5.41, 5.74) is 1.43. The number of carbonyl (C=O) groups is 1. The van der Waals surface area contributed by atoms with Crippen LogP contribution < -0.4 is 9.47 Å². The molecule has 1 aliphatic rings. The molecule has 1 amide bonds.